The zero-order valence-corrected chi connectivity index (χ0v) is 13.0. The average molecular weight is 302 g/mol. The summed E-state index contributed by atoms with van der Waals surface area (Å²) in [5.74, 6) is -0.169. The highest BCUT2D eigenvalue weighted by Gasteiger charge is 2.04. The Morgan fingerprint density at radius 3 is 2.68 bits per heavy atom. The molecule has 1 amide bonds. The van der Waals surface area contributed by atoms with Crippen LogP contribution in [0.4, 0.5) is 5.69 Å². The number of rotatable bonds is 7. The van der Waals surface area contributed by atoms with Crippen molar-refractivity contribution in [1.82, 2.24) is 15.1 Å². The monoisotopic (exact) mass is 302 g/mol. The van der Waals surface area contributed by atoms with Crippen molar-refractivity contribution in [2.45, 2.75) is 26.9 Å². The fraction of sp³-hybridized carbons (Fsp3) is 0.375. The Bertz CT molecular complexity index is 617. The van der Waals surface area contributed by atoms with Crippen molar-refractivity contribution in [3.8, 4) is 0 Å². The Balaban J connectivity index is 1.88. The molecule has 0 aliphatic rings. The van der Waals surface area contributed by atoms with Crippen LogP contribution < -0.4 is 10.6 Å². The molecule has 0 bridgehead atoms. The van der Waals surface area contributed by atoms with E-state index in [1.807, 2.05) is 0 Å². The van der Waals surface area contributed by atoms with Crippen molar-refractivity contribution in [2.75, 3.05) is 18.5 Å². The van der Waals surface area contributed by atoms with E-state index in [2.05, 4.69) is 47.8 Å². The molecule has 0 saturated carbocycles. The highest BCUT2D eigenvalue weighted by atomic mass is 16.3. The van der Waals surface area contributed by atoms with Gasteiger partial charge in [0.1, 0.15) is 6.54 Å². The number of aliphatic hydroxyl groups is 1. The topological polar surface area (TPSA) is 79.2 Å². The van der Waals surface area contributed by atoms with Crippen LogP contribution in [0.1, 0.15) is 16.7 Å². The number of nitrogens with one attached hydrogen (secondary N) is 2. The summed E-state index contributed by atoms with van der Waals surface area (Å²) in [5.41, 5.74) is 4.57. The van der Waals surface area contributed by atoms with E-state index in [0.29, 0.717) is 6.54 Å². The number of aliphatic hydroxyl groups excluding tert-OH is 1. The highest BCUT2D eigenvalue weighted by Crippen LogP contribution is 2.12. The smallest absolute Gasteiger partial charge is 0.241 e. The minimum absolute atomic E-state index is 0.0619. The number of amides is 1. The lowest BCUT2D eigenvalue weighted by Crippen LogP contribution is -2.30. The number of hydrogen-bond acceptors (Lipinski definition) is 4. The lowest BCUT2D eigenvalue weighted by molar-refractivity contribution is -0.122. The van der Waals surface area contributed by atoms with Crippen LogP contribution in [0.5, 0.6) is 0 Å². The minimum Gasteiger partial charge on any atom is -0.395 e. The minimum atomic E-state index is -0.169. The first-order chi connectivity index (χ1) is 10.6. The van der Waals surface area contributed by atoms with Crippen molar-refractivity contribution in [3.63, 3.8) is 0 Å². The van der Waals surface area contributed by atoms with E-state index < -0.39 is 0 Å². The molecular formula is C16H22N4O2. The standard InChI is InChI=1S/C16H22N4O2/c1-12-5-13(2)7-14(6-12)8-18-15-9-19-20(10-15)11-16(22)17-3-4-21/h5-7,9-10,18,21H,3-4,8,11H2,1-2H3,(H,17,22). The predicted octanol–water partition coefficient (Wildman–Crippen LogP) is 1.22. The Hall–Kier alpha value is -2.34. The predicted molar refractivity (Wildman–Crippen MR) is 85.6 cm³/mol. The van der Waals surface area contributed by atoms with Gasteiger partial charge in [-0.2, -0.15) is 5.10 Å². The molecule has 0 spiro atoms. The van der Waals surface area contributed by atoms with Crippen molar-refractivity contribution in [3.05, 3.63) is 47.3 Å². The molecule has 3 N–H and O–H groups in total. The van der Waals surface area contributed by atoms with Gasteiger partial charge < -0.3 is 15.7 Å². The van der Waals surface area contributed by atoms with Gasteiger partial charge in [0.05, 0.1) is 18.5 Å². The first kappa shape index (κ1) is 16.0. The summed E-state index contributed by atoms with van der Waals surface area (Å²) in [5, 5.41) is 18.7. The van der Waals surface area contributed by atoms with Gasteiger partial charge in [0.2, 0.25) is 5.91 Å². The third-order valence-electron chi connectivity index (χ3n) is 3.15. The second kappa shape index (κ2) is 7.61. The van der Waals surface area contributed by atoms with Crippen molar-refractivity contribution in [2.24, 2.45) is 0 Å². The van der Waals surface area contributed by atoms with Crippen LogP contribution in [0.15, 0.2) is 30.6 Å². The number of carbonyl (C=O) groups excluding carboxylic acids is 1. The zero-order chi connectivity index (χ0) is 15.9. The number of aryl methyl sites for hydroxylation is 2. The number of anilines is 1. The Labute approximate surface area is 130 Å². The van der Waals surface area contributed by atoms with Crippen LogP contribution in [0.25, 0.3) is 0 Å². The number of carbonyl (C=O) groups is 1. The van der Waals surface area contributed by atoms with Gasteiger partial charge in [-0.05, 0) is 19.4 Å². The molecule has 0 aliphatic carbocycles. The lowest BCUT2D eigenvalue weighted by Gasteiger charge is -2.06. The molecule has 0 saturated heterocycles. The van der Waals surface area contributed by atoms with Gasteiger partial charge in [-0.1, -0.05) is 29.3 Å². The Morgan fingerprint density at radius 2 is 2.00 bits per heavy atom. The third kappa shape index (κ3) is 4.89. The fourth-order valence-electron chi connectivity index (χ4n) is 2.31. The summed E-state index contributed by atoms with van der Waals surface area (Å²) in [7, 11) is 0. The van der Waals surface area contributed by atoms with Crippen molar-refractivity contribution < 1.29 is 9.90 Å². The van der Waals surface area contributed by atoms with Crippen LogP contribution in [0.3, 0.4) is 0 Å². The molecule has 1 heterocycles. The highest BCUT2D eigenvalue weighted by molar-refractivity contribution is 5.75. The molecule has 0 aliphatic heterocycles. The summed E-state index contributed by atoms with van der Waals surface area (Å²) in [6.45, 7) is 5.22. The van der Waals surface area contributed by atoms with E-state index >= 15 is 0 Å². The third-order valence-corrected chi connectivity index (χ3v) is 3.15. The van der Waals surface area contributed by atoms with Crippen molar-refractivity contribution >= 4 is 11.6 Å². The molecular weight excluding hydrogens is 280 g/mol. The Morgan fingerprint density at radius 1 is 1.27 bits per heavy atom. The quantitative estimate of drug-likeness (QED) is 0.718. The summed E-state index contributed by atoms with van der Waals surface area (Å²) < 4.78 is 1.57. The molecule has 2 aromatic rings. The number of hydrogen-bond donors (Lipinski definition) is 3. The van der Waals surface area contributed by atoms with E-state index in [9.17, 15) is 4.79 Å². The SMILES string of the molecule is Cc1cc(C)cc(CNc2cnn(CC(=O)NCCO)c2)c1. The van der Waals surface area contributed by atoms with Crippen LogP contribution in [-0.2, 0) is 17.9 Å². The summed E-state index contributed by atoms with van der Waals surface area (Å²) in [4.78, 5) is 11.5. The molecule has 1 aromatic heterocycles. The molecule has 1 aromatic carbocycles. The molecule has 118 valence electrons. The fourth-order valence-corrected chi connectivity index (χ4v) is 2.31. The molecule has 0 fully saturated rings. The molecule has 2 rings (SSSR count). The van der Waals surface area contributed by atoms with Gasteiger partial charge in [-0.15, -0.1) is 0 Å². The van der Waals surface area contributed by atoms with Gasteiger partial charge >= 0.3 is 0 Å². The second-order valence-corrected chi connectivity index (χ2v) is 5.35. The average Bonchev–Trinajstić information content (AvgIpc) is 2.89. The molecule has 22 heavy (non-hydrogen) atoms. The maximum atomic E-state index is 11.5. The van der Waals surface area contributed by atoms with Crippen molar-refractivity contribution in [1.29, 1.82) is 0 Å². The van der Waals surface area contributed by atoms with Gasteiger partial charge in [0, 0.05) is 19.3 Å². The first-order valence-electron chi connectivity index (χ1n) is 7.28. The Kier molecular flexibility index (Phi) is 5.55. The normalized spacial score (nSPS) is 10.5. The van der Waals surface area contributed by atoms with E-state index in [-0.39, 0.29) is 25.6 Å². The van der Waals surface area contributed by atoms with E-state index in [4.69, 9.17) is 5.11 Å². The number of aromatic nitrogens is 2. The molecule has 6 nitrogen and oxygen atoms in total. The summed E-state index contributed by atoms with van der Waals surface area (Å²) >= 11 is 0. The maximum absolute atomic E-state index is 11.5. The number of benzene rings is 1. The maximum Gasteiger partial charge on any atom is 0.241 e. The van der Waals surface area contributed by atoms with Crippen LogP contribution in [0.2, 0.25) is 0 Å². The van der Waals surface area contributed by atoms with E-state index in [1.54, 1.807) is 17.1 Å². The largest absolute Gasteiger partial charge is 0.395 e. The van der Waals surface area contributed by atoms with Crippen LogP contribution in [0, 0.1) is 13.8 Å². The van der Waals surface area contributed by atoms with Crippen LogP contribution >= 0.6 is 0 Å². The molecule has 0 radical (unpaired) electrons. The van der Waals surface area contributed by atoms with Gasteiger partial charge in [0.25, 0.3) is 0 Å². The zero-order valence-electron chi connectivity index (χ0n) is 13.0. The number of nitrogens with zero attached hydrogens (tertiary/aromatic N) is 2. The molecule has 0 unspecified atom stereocenters. The van der Waals surface area contributed by atoms with E-state index in [1.165, 1.54) is 16.7 Å². The lowest BCUT2D eigenvalue weighted by atomic mass is 10.1. The second-order valence-electron chi connectivity index (χ2n) is 5.35. The summed E-state index contributed by atoms with van der Waals surface area (Å²) in [6.07, 6.45) is 3.49. The molecule has 6 heteroatoms. The van der Waals surface area contributed by atoms with E-state index in [0.717, 1.165) is 5.69 Å². The first-order valence-corrected chi connectivity index (χ1v) is 7.28. The summed E-state index contributed by atoms with van der Waals surface area (Å²) in [6, 6.07) is 6.44. The van der Waals surface area contributed by atoms with Gasteiger partial charge in [-0.3, -0.25) is 9.48 Å². The molecule has 0 atom stereocenters. The van der Waals surface area contributed by atoms with Gasteiger partial charge in [0.15, 0.2) is 0 Å². The van der Waals surface area contributed by atoms with Crippen LogP contribution in [-0.4, -0.2) is 33.9 Å². The van der Waals surface area contributed by atoms with Gasteiger partial charge in [-0.25, -0.2) is 0 Å².